The molecule has 2 rings (SSSR count). The molecule has 1 aliphatic rings. The molecule has 0 spiro atoms. The van der Waals surface area contributed by atoms with E-state index >= 15 is 0 Å². The average molecular weight is 239 g/mol. The van der Waals surface area contributed by atoms with Crippen LogP contribution < -0.4 is 5.73 Å². The van der Waals surface area contributed by atoms with Gasteiger partial charge in [0.15, 0.2) is 0 Å². The smallest absolute Gasteiger partial charge is 0.103 e. The number of rotatable bonds is 2. The van der Waals surface area contributed by atoms with Crippen molar-refractivity contribution in [2.45, 2.75) is 12.8 Å². The lowest BCUT2D eigenvalue weighted by molar-refractivity contribution is 1.15. The number of halogens is 1. The molecule has 0 aromatic heterocycles. The maximum Gasteiger partial charge on any atom is 0.103 e. The fourth-order valence-corrected chi connectivity index (χ4v) is 1.55. The van der Waals surface area contributed by atoms with Gasteiger partial charge in [-0.3, -0.25) is 0 Å². The lowest BCUT2D eigenvalue weighted by atomic mass is 10.3. The highest BCUT2D eigenvalue weighted by Crippen LogP contribution is 2.30. The van der Waals surface area contributed by atoms with Gasteiger partial charge < -0.3 is 5.73 Å². The monoisotopic (exact) mass is 238 g/mol. The fourth-order valence-electron chi connectivity index (χ4n) is 1.17. The van der Waals surface area contributed by atoms with Gasteiger partial charge in [-0.1, -0.05) is 22.0 Å². The van der Waals surface area contributed by atoms with Gasteiger partial charge in [0.2, 0.25) is 0 Å². The first-order valence-corrected chi connectivity index (χ1v) is 5.14. The summed E-state index contributed by atoms with van der Waals surface area (Å²) in [5, 5.41) is 0. The second-order valence-corrected chi connectivity index (χ2v) is 4.21. The Kier molecular flexibility index (Phi) is 2.36. The number of hydrogen-bond acceptors (Lipinski definition) is 1. The van der Waals surface area contributed by atoms with E-state index in [-0.39, 0.29) is 0 Å². The van der Waals surface area contributed by atoms with Crippen molar-refractivity contribution in [2.24, 2.45) is 16.6 Å². The Bertz CT molecular complexity index is 343. The van der Waals surface area contributed by atoms with Crippen LogP contribution in [0.25, 0.3) is 0 Å². The molecule has 1 aliphatic carbocycles. The maximum atomic E-state index is 5.80. The summed E-state index contributed by atoms with van der Waals surface area (Å²) in [6.07, 6.45) is 2.40. The predicted octanol–water partition coefficient (Wildman–Crippen LogP) is 2.85. The average Bonchev–Trinajstić information content (AvgIpc) is 2.85. The molecule has 0 unspecified atom stereocenters. The van der Waals surface area contributed by atoms with Crippen LogP contribution in [0.1, 0.15) is 12.8 Å². The van der Waals surface area contributed by atoms with Crippen LogP contribution in [0.3, 0.4) is 0 Å². The minimum absolute atomic E-state index is 0.541. The molecule has 1 saturated carbocycles. The molecule has 0 atom stereocenters. The first kappa shape index (κ1) is 8.75. The molecule has 0 saturated heterocycles. The summed E-state index contributed by atoms with van der Waals surface area (Å²) in [6, 6.07) is 7.87. The second-order valence-electron chi connectivity index (χ2n) is 3.29. The minimum Gasteiger partial charge on any atom is -0.387 e. The van der Waals surface area contributed by atoms with Crippen LogP contribution in [0.5, 0.6) is 0 Å². The zero-order valence-electron chi connectivity index (χ0n) is 7.20. The molecule has 68 valence electrons. The number of nitrogens with two attached hydrogens (primary N) is 1. The molecule has 1 aromatic carbocycles. The largest absolute Gasteiger partial charge is 0.387 e. The summed E-state index contributed by atoms with van der Waals surface area (Å²) in [7, 11) is 0. The van der Waals surface area contributed by atoms with Crippen molar-refractivity contribution < 1.29 is 0 Å². The van der Waals surface area contributed by atoms with Crippen molar-refractivity contribution >= 4 is 27.5 Å². The lowest BCUT2D eigenvalue weighted by Crippen LogP contribution is -2.12. The molecule has 13 heavy (non-hydrogen) atoms. The van der Waals surface area contributed by atoms with Crippen LogP contribution in [0.15, 0.2) is 33.7 Å². The Morgan fingerprint density at radius 1 is 1.46 bits per heavy atom. The topological polar surface area (TPSA) is 38.4 Å². The Morgan fingerprint density at radius 3 is 2.85 bits per heavy atom. The highest BCUT2D eigenvalue weighted by atomic mass is 79.9. The third-order valence-corrected chi connectivity index (χ3v) is 2.56. The first-order chi connectivity index (χ1) is 6.25. The van der Waals surface area contributed by atoms with Crippen LogP contribution in [0.4, 0.5) is 5.69 Å². The van der Waals surface area contributed by atoms with Gasteiger partial charge >= 0.3 is 0 Å². The van der Waals surface area contributed by atoms with Crippen LogP contribution in [-0.4, -0.2) is 5.84 Å². The Balaban J connectivity index is 2.20. The van der Waals surface area contributed by atoms with Gasteiger partial charge in [0.1, 0.15) is 5.84 Å². The number of nitrogens with zero attached hydrogens (tertiary/aromatic N) is 1. The van der Waals surface area contributed by atoms with Gasteiger partial charge in [-0.2, -0.15) is 0 Å². The summed E-state index contributed by atoms with van der Waals surface area (Å²) in [5.41, 5.74) is 6.73. The fraction of sp³-hybridized carbons (Fsp3) is 0.300. The minimum atomic E-state index is 0.541. The van der Waals surface area contributed by atoms with Gasteiger partial charge in [0.25, 0.3) is 0 Å². The highest BCUT2D eigenvalue weighted by molar-refractivity contribution is 9.10. The summed E-state index contributed by atoms with van der Waals surface area (Å²) < 4.78 is 1.04. The number of benzene rings is 1. The quantitative estimate of drug-likeness (QED) is 0.625. The molecule has 2 N–H and O–H groups in total. The third-order valence-electron chi connectivity index (χ3n) is 2.06. The van der Waals surface area contributed by atoms with Crippen LogP contribution in [0, 0.1) is 5.92 Å². The summed E-state index contributed by atoms with van der Waals surface area (Å²) in [4.78, 5) is 4.35. The number of amidine groups is 1. The Hall–Kier alpha value is -0.830. The molecule has 2 nitrogen and oxygen atoms in total. The Labute approximate surface area is 86.0 Å². The molecule has 0 amide bonds. The van der Waals surface area contributed by atoms with Gasteiger partial charge in [0.05, 0.1) is 5.69 Å². The van der Waals surface area contributed by atoms with Gasteiger partial charge in [-0.15, -0.1) is 0 Å². The summed E-state index contributed by atoms with van der Waals surface area (Å²) >= 11 is 3.39. The van der Waals surface area contributed by atoms with Crippen LogP contribution >= 0.6 is 15.9 Å². The normalized spacial score (nSPS) is 17.5. The van der Waals surface area contributed by atoms with Crippen molar-refractivity contribution in [1.82, 2.24) is 0 Å². The molecule has 0 bridgehead atoms. The molecule has 0 radical (unpaired) electrons. The van der Waals surface area contributed by atoms with E-state index in [1.54, 1.807) is 0 Å². The van der Waals surface area contributed by atoms with E-state index in [1.165, 1.54) is 12.8 Å². The van der Waals surface area contributed by atoms with Crippen molar-refractivity contribution in [3.05, 3.63) is 28.7 Å². The molecule has 1 aromatic rings. The maximum absolute atomic E-state index is 5.80. The Morgan fingerprint density at radius 2 is 2.23 bits per heavy atom. The van der Waals surface area contributed by atoms with Crippen molar-refractivity contribution in [2.75, 3.05) is 0 Å². The zero-order chi connectivity index (χ0) is 9.26. The SMILES string of the molecule is NC(=Nc1cccc(Br)c1)C1CC1. The lowest BCUT2D eigenvalue weighted by Gasteiger charge is -1.98. The molecular weight excluding hydrogens is 228 g/mol. The van der Waals surface area contributed by atoms with Crippen LogP contribution in [-0.2, 0) is 0 Å². The van der Waals surface area contributed by atoms with Crippen LogP contribution in [0.2, 0.25) is 0 Å². The second kappa shape index (κ2) is 3.50. The van der Waals surface area contributed by atoms with E-state index in [9.17, 15) is 0 Å². The molecule has 0 aliphatic heterocycles. The summed E-state index contributed by atoms with van der Waals surface area (Å²) in [5.74, 6) is 1.32. The predicted molar refractivity (Wildman–Crippen MR) is 58.1 cm³/mol. The van der Waals surface area contributed by atoms with E-state index in [4.69, 9.17) is 5.73 Å². The third kappa shape index (κ3) is 2.31. The van der Waals surface area contributed by atoms with E-state index in [2.05, 4.69) is 20.9 Å². The standard InChI is InChI=1S/C10H11BrN2/c11-8-2-1-3-9(6-8)13-10(12)7-4-5-7/h1-3,6-7H,4-5H2,(H2,12,13). The van der Waals surface area contributed by atoms with E-state index in [1.807, 2.05) is 24.3 Å². The van der Waals surface area contributed by atoms with Gasteiger partial charge in [-0.25, -0.2) is 4.99 Å². The first-order valence-electron chi connectivity index (χ1n) is 4.35. The zero-order valence-corrected chi connectivity index (χ0v) is 8.79. The van der Waals surface area contributed by atoms with Crippen molar-refractivity contribution in [3.63, 3.8) is 0 Å². The van der Waals surface area contributed by atoms with E-state index in [0.29, 0.717) is 5.92 Å². The summed E-state index contributed by atoms with van der Waals surface area (Å²) in [6.45, 7) is 0. The molecular formula is C10H11BrN2. The van der Waals surface area contributed by atoms with Crippen molar-refractivity contribution in [1.29, 1.82) is 0 Å². The number of hydrogen-bond donors (Lipinski definition) is 1. The molecule has 1 fully saturated rings. The molecule has 3 heteroatoms. The molecule has 0 heterocycles. The van der Waals surface area contributed by atoms with E-state index in [0.717, 1.165) is 16.0 Å². The highest BCUT2D eigenvalue weighted by Gasteiger charge is 2.25. The van der Waals surface area contributed by atoms with Gasteiger partial charge in [0, 0.05) is 10.4 Å². The van der Waals surface area contributed by atoms with Gasteiger partial charge in [-0.05, 0) is 31.0 Å². The van der Waals surface area contributed by atoms with E-state index < -0.39 is 0 Å². The van der Waals surface area contributed by atoms with Crippen molar-refractivity contribution in [3.8, 4) is 0 Å². The number of aliphatic imine (C=N–C) groups is 1.